The van der Waals surface area contributed by atoms with Crippen LogP contribution in [0.5, 0.6) is 0 Å². The monoisotopic (exact) mass is 392 g/mol. The minimum Gasteiger partial charge on any atom is -0.382 e. The third-order valence-corrected chi connectivity index (χ3v) is 5.43. The standard InChI is InChI=1S/C19H16N6O2S/c1-28(27,23-12-20)15-9-7-13(8-10-15)16-11-22-18(21)17(25-16)19(26)24-14-5-3-2-4-6-14/h2-11H,1H3,(H2,21,22)(H,24,26). The highest BCUT2D eigenvalue weighted by molar-refractivity contribution is 7.93. The molecule has 0 saturated carbocycles. The molecule has 3 aromatic rings. The first-order chi connectivity index (χ1) is 13.4. The van der Waals surface area contributed by atoms with Crippen molar-refractivity contribution in [2.24, 2.45) is 4.36 Å². The van der Waals surface area contributed by atoms with Crippen molar-refractivity contribution in [2.45, 2.75) is 4.90 Å². The van der Waals surface area contributed by atoms with Crippen LogP contribution in [0.3, 0.4) is 0 Å². The highest BCUT2D eigenvalue weighted by atomic mass is 32.2. The van der Waals surface area contributed by atoms with E-state index in [0.717, 1.165) is 0 Å². The van der Waals surface area contributed by atoms with Gasteiger partial charge in [-0.15, -0.1) is 4.36 Å². The number of nitrogens with two attached hydrogens (primary N) is 1. The molecular weight excluding hydrogens is 376 g/mol. The average molecular weight is 392 g/mol. The van der Waals surface area contributed by atoms with Crippen LogP contribution in [0.4, 0.5) is 11.5 Å². The predicted octanol–water partition coefficient (Wildman–Crippen LogP) is 2.92. The maximum atomic E-state index is 12.5. The van der Waals surface area contributed by atoms with Crippen molar-refractivity contribution in [3.8, 4) is 17.5 Å². The Labute approximate surface area is 162 Å². The Hall–Kier alpha value is -3.77. The highest BCUT2D eigenvalue weighted by Gasteiger charge is 2.15. The van der Waals surface area contributed by atoms with Gasteiger partial charge in [-0.25, -0.2) is 14.2 Å². The van der Waals surface area contributed by atoms with Crippen molar-refractivity contribution >= 4 is 27.1 Å². The second kappa shape index (κ2) is 7.85. The second-order valence-electron chi connectivity index (χ2n) is 5.83. The van der Waals surface area contributed by atoms with Gasteiger partial charge < -0.3 is 11.1 Å². The van der Waals surface area contributed by atoms with Gasteiger partial charge >= 0.3 is 0 Å². The fourth-order valence-corrected chi connectivity index (χ4v) is 3.33. The number of para-hydroxylation sites is 1. The molecule has 1 unspecified atom stereocenters. The van der Waals surface area contributed by atoms with Crippen LogP contribution in [0.25, 0.3) is 11.3 Å². The number of anilines is 2. The lowest BCUT2D eigenvalue weighted by Crippen LogP contribution is -2.17. The fourth-order valence-electron chi connectivity index (χ4n) is 2.43. The van der Waals surface area contributed by atoms with Crippen LogP contribution in [-0.4, -0.2) is 26.3 Å². The summed E-state index contributed by atoms with van der Waals surface area (Å²) in [5, 5.41) is 11.4. The summed E-state index contributed by atoms with van der Waals surface area (Å²) in [7, 11) is -2.78. The van der Waals surface area contributed by atoms with E-state index in [0.29, 0.717) is 21.8 Å². The number of aromatic nitrogens is 2. The number of hydrogen-bond acceptors (Lipinski definition) is 7. The molecule has 0 radical (unpaired) electrons. The molecule has 1 aromatic heterocycles. The molecule has 0 aliphatic rings. The largest absolute Gasteiger partial charge is 0.382 e. The van der Waals surface area contributed by atoms with E-state index >= 15 is 0 Å². The molecule has 140 valence electrons. The number of benzene rings is 2. The number of nitriles is 1. The zero-order valence-corrected chi connectivity index (χ0v) is 15.7. The number of nitrogen functional groups attached to an aromatic ring is 1. The van der Waals surface area contributed by atoms with Crippen LogP contribution in [0.2, 0.25) is 0 Å². The third-order valence-electron chi connectivity index (χ3n) is 3.85. The summed E-state index contributed by atoms with van der Waals surface area (Å²) in [5.74, 6) is -0.461. The van der Waals surface area contributed by atoms with Crippen molar-refractivity contribution in [2.75, 3.05) is 17.3 Å². The smallest absolute Gasteiger partial charge is 0.278 e. The molecule has 1 atom stereocenters. The van der Waals surface area contributed by atoms with Gasteiger partial charge in [-0.05, 0) is 24.3 Å². The molecule has 0 aliphatic heterocycles. The van der Waals surface area contributed by atoms with E-state index in [4.69, 9.17) is 11.0 Å². The third kappa shape index (κ3) is 4.13. The predicted molar refractivity (Wildman–Crippen MR) is 107 cm³/mol. The summed E-state index contributed by atoms with van der Waals surface area (Å²) in [5.41, 5.74) is 7.52. The Morgan fingerprint density at radius 1 is 1.18 bits per heavy atom. The molecule has 0 spiro atoms. The second-order valence-corrected chi connectivity index (χ2v) is 8.09. The molecule has 0 saturated heterocycles. The Kier molecular flexibility index (Phi) is 5.33. The molecule has 0 aliphatic carbocycles. The first kappa shape index (κ1) is 19.0. The van der Waals surface area contributed by atoms with Gasteiger partial charge in [-0.3, -0.25) is 4.79 Å². The van der Waals surface area contributed by atoms with Gasteiger partial charge in [0.25, 0.3) is 5.91 Å². The molecular formula is C19H16N6O2S. The zero-order chi connectivity index (χ0) is 20.1. The zero-order valence-electron chi connectivity index (χ0n) is 14.9. The lowest BCUT2D eigenvalue weighted by Gasteiger charge is -2.09. The van der Waals surface area contributed by atoms with E-state index < -0.39 is 15.6 Å². The number of nitrogens with one attached hydrogen (secondary N) is 1. The van der Waals surface area contributed by atoms with Crippen LogP contribution in [0, 0.1) is 11.5 Å². The summed E-state index contributed by atoms with van der Waals surface area (Å²) in [6, 6.07) is 15.5. The van der Waals surface area contributed by atoms with Crippen molar-refractivity contribution in [1.82, 2.24) is 9.97 Å². The van der Waals surface area contributed by atoms with Gasteiger partial charge in [-0.1, -0.05) is 30.3 Å². The summed E-state index contributed by atoms with van der Waals surface area (Å²) < 4.78 is 15.8. The quantitative estimate of drug-likeness (QED) is 0.656. The average Bonchev–Trinajstić information content (AvgIpc) is 2.69. The van der Waals surface area contributed by atoms with Crippen molar-refractivity contribution in [1.29, 1.82) is 5.26 Å². The summed E-state index contributed by atoms with van der Waals surface area (Å²) in [4.78, 5) is 21.3. The van der Waals surface area contributed by atoms with Gasteiger partial charge in [0.2, 0.25) is 6.19 Å². The Bertz CT molecular complexity index is 1180. The Morgan fingerprint density at radius 3 is 2.50 bits per heavy atom. The van der Waals surface area contributed by atoms with E-state index in [2.05, 4.69) is 19.6 Å². The van der Waals surface area contributed by atoms with Crippen molar-refractivity contribution in [3.05, 3.63) is 66.5 Å². The van der Waals surface area contributed by atoms with Gasteiger partial charge in [0.05, 0.1) is 21.6 Å². The molecule has 3 rings (SSSR count). The van der Waals surface area contributed by atoms with Gasteiger partial charge in [0.15, 0.2) is 11.5 Å². The number of amides is 1. The van der Waals surface area contributed by atoms with Crippen molar-refractivity contribution in [3.63, 3.8) is 0 Å². The lowest BCUT2D eigenvalue weighted by molar-refractivity contribution is 0.102. The number of nitrogens with zero attached hydrogens (tertiary/aromatic N) is 4. The van der Waals surface area contributed by atoms with Crippen LogP contribution in [0.1, 0.15) is 10.5 Å². The van der Waals surface area contributed by atoms with Gasteiger partial charge in [0.1, 0.15) is 0 Å². The number of hydrogen-bond donors (Lipinski definition) is 2. The SMILES string of the molecule is CS(=O)(=NC#N)c1ccc(-c2cnc(N)c(C(=O)Nc3ccccc3)n2)cc1. The number of carbonyl (C=O) groups excluding carboxylic acids is 1. The van der Waals surface area contributed by atoms with E-state index in [-0.39, 0.29) is 11.5 Å². The lowest BCUT2D eigenvalue weighted by atomic mass is 10.1. The molecule has 9 heteroatoms. The summed E-state index contributed by atoms with van der Waals surface area (Å²) in [6.45, 7) is 0. The maximum Gasteiger partial charge on any atom is 0.278 e. The molecule has 1 heterocycles. The Balaban J connectivity index is 1.91. The summed E-state index contributed by atoms with van der Waals surface area (Å²) in [6.07, 6.45) is 4.41. The highest BCUT2D eigenvalue weighted by Crippen LogP contribution is 2.22. The van der Waals surface area contributed by atoms with E-state index in [1.54, 1.807) is 54.7 Å². The number of carbonyl (C=O) groups is 1. The summed E-state index contributed by atoms with van der Waals surface area (Å²) >= 11 is 0. The first-order valence-corrected chi connectivity index (χ1v) is 10.0. The molecule has 0 fully saturated rings. The molecule has 8 nitrogen and oxygen atoms in total. The van der Waals surface area contributed by atoms with E-state index in [1.807, 2.05) is 6.07 Å². The minimum absolute atomic E-state index is 0.00389. The molecule has 1 amide bonds. The maximum absolute atomic E-state index is 12.5. The van der Waals surface area contributed by atoms with Gasteiger partial charge in [-0.2, -0.15) is 5.26 Å². The van der Waals surface area contributed by atoms with Crippen LogP contribution < -0.4 is 11.1 Å². The van der Waals surface area contributed by atoms with Gasteiger partial charge in [0, 0.05) is 22.4 Å². The molecule has 2 aromatic carbocycles. The molecule has 28 heavy (non-hydrogen) atoms. The van der Waals surface area contributed by atoms with Crippen molar-refractivity contribution < 1.29 is 9.00 Å². The molecule has 3 N–H and O–H groups in total. The topological polar surface area (TPSA) is 134 Å². The number of rotatable bonds is 4. The Morgan fingerprint density at radius 2 is 1.86 bits per heavy atom. The molecule has 0 bridgehead atoms. The van der Waals surface area contributed by atoms with Crippen LogP contribution in [0.15, 0.2) is 70.1 Å². The van der Waals surface area contributed by atoms with Crippen LogP contribution in [-0.2, 0) is 9.73 Å². The minimum atomic E-state index is -2.78. The first-order valence-electron chi connectivity index (χ1n) is 8.10. The van der Waals surface area contributed by atoms with Crippen LogP contribution >= 0.6 is 0 Å². The van der Waals surface area contributed by atoms with E-state index in [9.17, 15) is 9.00 Å². The normalized spacial score (nSPS) is 12.4. The van der Waals surface area contributed by atoms with E-state index in [1.165, 1.54) is 12.5 Å². The fraction of sp³-hybridized carbons (Fsp3) is 0.0526.